The maximum Gasteiger partial charge on any atom is 0.329 e. The first-order valence-corrected chi connectivity index (χ1v) is 7.90. The van der Waals surface area contributed by atoms with Crippen molar-refractivity contribution in [2.75, 3.05) is 17.0 Å². The van der Waals surface area contributed by atoms with E-state index in [1.165, 1.54) is 16.7 Å². The van der Waals surface area contributed by atoms with Crippen LogP contribution in [0.15, 0.2) is 10.6 Å². The second kappa shape index (κ2) is 5.29. The third-order valence-corrected chi connectivity index (χ3v) is 3.93. The number of aliphatic hydroxyl groups is 1. The van der Waals surface area contributed by atoms with E-state index >= 15 is 0 Å². The summed E-state index contributed by atoms with van der Waals surface area (Å²) in [5.74, 6) is 1.59. The lowest BCUT2D eigenvalue weighted by Crippen LogP contribution is -2.35. The van der Waals surface area contributed by atoms with Gasteiger partial charge in [0.05, 0.1) is 11.9 Å². The summed E-state index contributed by atoms with van der Waals surface area (Å²) in [6.45, 7) is 7.83. The van der Waals surface area contributed by atoms with Crippen LogP contribution in [-0.4, -0.2) is 45.6 Å². The van der Waals surface area contributed by atoms with E-state index in [1.807, 2.05) is 34.0 Å². The first-order chi connectivity index (χ1) is 9.27. The number of carbonyl (C=O) groups is 1. The first-order valence-electron chi connectivity index (χ1n) is 6.51. The van der Waals surface area contributed by atoms with Crippen molar-refractivity contribution in [3.8, 4) is 0 Å². The van der Waals surface area contributed by atoms with Gasteiger partial charge < -0.3 is 14.5 Å². The summed E-state index contributed by atoms with van der Waals surface area (Å²) in [5.41, 5.74) is -0.191. The van der Waals surface area contributed by atoms with Gasteiger partial charge in [-0.05, 0) is 13.2 Å². The topological polar surface area (TPSA) is 69.8 Å². The monoisotopic (exact) mass is 299 g/mol. The molecule has 0 aliphatic carbocycles. The number of rotatable bonds is 3. The van der Waals surface area contributed by atoms with E-state index in [0.29, 0.717) is 17.5 Å². The van der Waals surface area contributed by atoms with Gasteiger partial charge in [0.25, 0.3) is 0 Å². The van der Waals surface area contributed by atoms with Crippen molar-refractivity contribution in [1.82, 2.24) is 10.1 Å². The molecule has 2 heterocycles. The van der Waals surface area contributed by atoms with Crippen molar-refractivity contribution in [2.24, 2.45) is 0 Å². The van der Waals surface area contributed by atoms with Crippen LogP contribution in [0.4, 0.5) is 10.6 Å². The number of anilines is 1. The molecule has 1 fully saturated rings. The van der Waals surface area contributed by atoms with E-state index in [-0.39, 0.29) is 17.5 Å². The molecule has 20 heavy (non-hydrogen) atoms. The van der Waals surface area contributed by atoms with Gasteiger partial charge in [0.2, 0.25) is 0 Å². The second-order valence-corrected chi connectivity index (χ2v) is 6.83. The van der Waals surface area contributed by atoms with Gasteiger partial charge in [-0.1, -0.05) is 25.9 Å². The normalized spacial score (nSPS) is 23.8. The van der Waals surface area contributed by atoms with Crippen LogP contribution in [0.2, 0.25) is 0 Å². The zero-order valence-electron chi connectivity index (χ0n) is 12.5. The Labute approximate surface area is 123 Å². The third kappa shape index (κ3) is 2.52. The maximum atomic E-state index is 12.4. The summed E-state index contributed by atoms with van der Waals surface area (Å²) in [7, 11) is 0. The van der Waals surface area contributed by atoms with Gasteiger partial charge in [-0.2, -0.15) is 0 Å². The summed E-state index contributed by atoms with van der Waals surface area (Å²) >= 11 is 1.54. The summed E-state index contributed by atoms with van der Waals surface area (Å²) in [6, 6.07) is 1.20. The van der Waals surface area contributed by atoms with Crippen LogP contribution in [0.25, 0.3) is 0 Å². The first kappa shape index (κ1) is 15.2. The van der Waals surface area contributed by atoms with E-state index in [2.05, 4.69) is 5.16 Å². The van der Waals surface area contributed by atoms with E-state index in [1.54, 1.807) is 11.0 Å². The lowest BCUT2D eigenvalue weighted by Gasteiger charge is -2.18. The van der Waals surface area contributed by atoms with Crippen molar-refractivity contribution in [1.29, 1.82) is 0 Å². The Hall–Kier alpha value is -1.21. The van der Waals surface area contributed by atoms with Gasteiger partial charge in [0.1, 0.15) is 5.76 Å². The highest BCUT2D eigenvalue weighted by Gasteiger charge is 2.44. The van der Waals surface area contributed by atoms with Crippen molar-refractivity contribution < 1.29 is 14.4 Å². The van der Waals surface area contributed by atoms with Gasteiger partial charge in [-0.3, -0.25) is 0 Å². The molecule has 1 N–H and O–H groups in total. The molecule has 6 nitrogen and oxygen atoms in total. The van der Waals surface area contributed by atoms with Crippen LogP contribution < -0.4 is 4.90 Å². The van der Waals surface area contributed by atoms with Crippen molar-refractivity contribution in [3.63, 3.8) is 0 Å². The molecule has 112 valence electrons. The molecule has 2 amide bonds. The molecule has 0 saturated carbocycles. The summed E-state index contributed by atoms with van der Waals surface area (Å²) in [5, 5.41) is 14.2. The van der Waals surface area contributed by atoms with Crippen LogP contribution in [0.3, 0.4) is 0 Å². The number of carbonyl (C=O) groups excluding carboxylic acids is 1. The van der Waals surface area contributed by atoms with Crippen LogP contribution in [0.5, 0.6) is 0 Å². The lowest BCUT2D eigenvalue weighted by atomic mass is 9.93. The SMILES string of the molecule is CSCN1C(=O)N(c2cc(C(C)(C)C)on2)C(O)C1C. The van der Waals surface area contributed by atoms with E-state index in [4.69, 9.17) is 4.52 Å². The fourth-order valence-electron chi connectivity index (χ4n) is 2.08. The highest BCUT2D eigenvalue weighted by molar-refractivity contribution is 7.98. The van der Waals surface area contributed by atoms with Crippen LogP contribution in [0, 0.1) is 0 Å². The smallest absolute Gasteiger partial charge is 0.329 e. The molecule has 2 rings (SSSR count). The molecule has 1 saturated heterocycles. The molecule has 1 aromatic rings. The predicted octanol–water partition coefficient (Wildman–Crippen LogP) is 2.24. The molecule has 0 radical (unpaired) electrons. The zero-order valence-corrected chi connectivity index (χ0v) is 13.3. The zero-order chi connectivity index (χ0) is 15.1. The van der Waals surface area contributed by atoms with Gasteiger partial charge in [-0.25, -0.2) is 9.69 Å². The average Bonchev–Trinajstić information content (AvgIpc) is 2.90. The highest BCUT2D eigenvalue weighted by Crippen LogP contribution is 2.31. The number of hydrogen-bond donors (Lipinski definition) is 1. The van der Waals surface area contributed by atoms with E-state index < -0.39 is 6.23 Å². The number of hydrogen-bond acceptors (Lipinski definition) is 5. The van der Waals surface area contributed by atoms with Crippen molar-refractivity contribution in [2.45, 2.75) is 45.4 Å². The largest absolute Gasteiger partial charge is 0.371 e. The molecule has 2 atom stereocenters. The molecule has 1 aliphatic heterocycles. The van der Waals surface area contributed by atoms with Crippen molar-refractivity contribution in [3.05, 3.63) is 11.8 Å². The number of aliphatic hydroxyl groups excluding tert-OH is 1. The fourth-order valence-corrected chi connectivity index (χ4v) is 2.70. The molecular weight excluding hydrogens is 278 g/mol. The molecule has 0 bridgehead atoms. The molecule has 0 spiro atoms. The number of amides is 2. The predicted molar refractivity (Wildman–Crippen MR) is 78.8 cm³/mol. The average molecular weight is 299 g/mol. The quantitative estimate of drug-likeness (QED) is 0.927. The minimum absolute atomic E-state index is 0.191. The standard InChI is InChI=1S/C13H21N3O3S/c1-8-11(17)16(12(18)15(8)7-20-5)10-6-9(19-14-10)13(2,3)4/h6,8,11,17H,7H2,1-5H3. The molecular formula is C13H21N3O3S. The van der Waals surface area contributed by atoms with Crippen LogP contribution in [-0.2, 0) is 5.41 Å². The fraction of sp³-hybridized carbons (Fsp3) is 0.692. The van der Waals surface area contributed by atoms with Gasteiger partial charge in [0.15, 0.2) is 12.0 Å². The summed E-state index contributed by atoms with van der Waals surface area (Å²) in [6.07, 6.45) is 1.01. The van der Waals surface area contributed by atoms with Gasteiger partial charge in [0, 0.05) is 11.5 Å². The Bertz CT molecular complexity index is 497. The Morgan fingerprint density at radius 3 is 2.65 bits per heavy atom. The molecule has 0 aromatic carbocycles. The van der Waals surface area contributed by atoms with Gasteiger partial charge in [-0.15, -0.1) is 11.8 Å². The highest BCUT2D eigenvalue weighted by atomic mass is 32.2. The molecule has 1 aromatic heterocycles. The maximum absolute atomic E-state index is 12.4. The van der Waals surface area contributed by atoms with Crippen LogP contribution in [0.1, 0.15) is 33.5 Å². The molecule has 7 heteroatoms. The number of thioether (sulfide) groups is 1. The molecule has 1 aliphatic rings. The lowest BCUT2D eigenvalue weighted by molar-refractivity contribution is 0.135. The number of nitrogens with zero attached hydrogens (tertiary/aromatic N) is 3. The Kier molecular flexibility index (Phi) is 4.02. The number of urea groups is 1. The second-order valence-electron chi connectivity index (χ2n) is 5.99. The third-order valence-electron chi connectivity index (χ3n) is 3.39. The molecule has 2 unspecified atom stereocenters. The minimum Gasteiger partial charge on any atom is -0.371 e. The number of aromatic nitrogens is 1. The summed E-state index contributed by atoms with van der Waals surface area (Å²) < 4.78 is 5.29. The van der Waals surface area contributed by atoms with Crippen LogP contribution >= 0.6 is 11.8 Å². The van der Waals surface area contributed by atoms with Gasteiger partial charge >= 0.3 is 6.03 Å². The summed E-state index contributed by atoms with van der Waals surface area (Å²) in [4.78, 5) is 15.3. The van der Waals surface area contributed by atoms with Crippen molar-refractivity contribution >= 4 is 23.6 Å². The Morgan fingerprint density at radius 1 is 1.50 bits per heavy atom. The van der Waals surface area contributed by atoms with E-state index in [9.17, 15) is 9.90 Å². The van der Waals surface area contributed by atoms with E-state index in [0.717, 1.165) is 0 Å². The Balaban J connectivity index is 2.28. The minimum atomic E-state index is -0.910. The Morgan fingerprint density at radius 2 is 2.15 bits per heavy atom.